The number of nitrogens with one attached hydrogen (secondary N) is 1. The van der Waals surface area contributed by atoms with Crippen molar-refractivity contribution in [3.8, 4) is 0 Å². The maximum absolute atomic E-state index is 11.7. The predicted octanol–water partition coefficient (Wildman–Crippen LogP) is -1.50. The number of aromatic nitrogens is 2. The molecule has 7 nitrogen and oxygen atoms in total. The highest BCUT2D eigenvalue weighted by molar-refractivity contribution is 5.91. The first-order valence-corrected chi connectivity index (χ1v) is 4.39. The van der Waals surface area contributed by atoms with Crippen molar-refractivity contribution in [1.29, 1.82) is 0 Å². The van der Waals surface area contributed by atoms with Gasteiger partial charge in [-0.3, -0.25) is 13.9 Å². The van der Waals surface area contributed by atoms with Gasteiger partial charge in [0.2, 0.25) is 0 Å². The van der Waals surface area contributed by atoms with E-state index in [1.165, 1.54) is 11.6 Å². The zero-order valence-electron chi connectivity index (χ0n) is 8.44. The number of nitrogens with zero attached hydrogens (tertiary/aromatic N) is 3. The molecule has 0 aliphatic carbocycles. The normalized spacial score (nSPS) is 14.1. The van der Waals surface area contributed by atoms with E-state index >= 15 is 0 Å². The van der Waals surface area contributed by atoms with Crippen LogP contribution in [0.3, 0.4) is 0 Å². The van der Waals surface area contributed by atoms with E-state index in [1.807, 2.05) is 0 Å². The summed E-state index contributed by atoms with van der Waals surface area (Å²) in [7, 11) is 2.97. The van der Waals surface area contributed by atoms with Crippen LogP contribution in [0.4, 0.5) is 11.5 Å². The monoisotopic (exact) mass is 209 g/mol. The number of amidine groups is 1. The van der Waals surface area contributed by atoms with E-state index in [1.54, 1.807) is 7.05 Å². The molecule has 1 aliphatic rings. The summed E-state index contributed by atoms with van der Waals surface area (Å²) in [5, 5.41) is 2.84. The average molecular weight is 209 g/mol. The molecule has 1 aromatic rings. The van der Waals surface area contributed by atoms with Crippen molar-refractivity contribution in [2.24, 2.45) is 24.8 Å². The molecule has 3 N–H and O–H groups in total. The quantitative estimate of drug-likeness (QED) is 0.543. The van der Waals surface area contributed by atoms with Crippen LogP contribution in [-0.2, 0) is 14.1 Å². The second-order valence-electron chi connectivity index (χ2n) is 3.36. The maximum Gasteiger partial charge on any atom is 0.332 e. The lowest BCUT2D eigenvalue weighted by molar-refractivity contribution is 0.689. The molecule has 0 amide bonds. The molecule has 2 rings (SSSR count). The van der Waals surface area contributed by atoms with Gasteiger partial charge in [-0.1, -0.05) is 0 Å². The predicted molar refractivity (Wildman–Crippen MR) is 56.7 cm³/mol. The number of hydrogen-bond acceptors (Lipinski definition) is 5. The molecule has 80 valence electrons. The van der Waals surface area contributed by atoms with Crippen LogP contribution >= 0.6 is 0 Å². The van der Waals surface area contributed by atoms with Crippen LogP contribution in [0.1, 0.15) is 0 Å². The highest BCUT2D eigenvalue weighted by atomic mass is 16.2. The second-order valence-corrected chi connectivity index (χ2v) is 3.36. The van der Waals surface area contributed by atoms with Gasteiger partial charge in [0.05, 0.1) is 6.54 Å². The van der Waals surface area contributed by atoms with Crippen LogP contribution in [0.5, 0.6) is 0 Å². The van der Waals surface area contributed by atoms with Crippen LogP contribution in [0.2, 0.25) is 0 Å². The number of aliphatic imine (C=N–C) groups is 1. The third kappa shape index (κ3) is 1.24. The van der Waals surface area contributed by atoms with Crippen LogP contribution in [0.15, 0.2) is 14.6 Å². The molecule has 0 radical (unpaired) electrons. The lowest BCUT2D eigenvalue weighted by Crippen LogP contribution is -2.41. The van der Waals surface area contributed by atoms with Crippen LogP contribution < -0.4 is 22.3 Å². The summed E-state index contributed by atoms with van der Waals surface area (Å²) in [6.07, 6.45) is 0. The number of nitrogens with two attached hydrogens (primary N) is 1. The molecule has 0 saturated heterocycles. The molecule has 1 aromatic heterocycles. The van der Waals surface area contributed by atoms with E-state index in [2.05, 4.69) is 10.3 Å². The Labute approximate surface area is 84.9 Å². The fourth-order valence-corrected chi connectivity index (χ4v) is 1.47. The molecule has 0 atom stereocenters. The number of fused-ring (bicyclic) bond motifs is 1. The third-order valence-corrected chi connectivity index (χ3v) is 2.33. The van der Waals surface area contributed by atoms with E-state index in [0.29, 0.717) is 18.1 Å². The fourth-order valence-electron chi connectivity index (χ4n) is 1.47. The highest BCUT2D eigenvalue weighted by Crippen LogP contribution is 2.20. The zero-order chi connectivity index (χ0) is 11.2. The van der Waals surface area contributed by atoms with Crippen molar-refractivity contribution >= 4 is 17.3 Å². The van der Waals surface area contributed by atoms with E-state index in [9.17, 15) is 9.59 Å². The average Bonchev–Trinajstić information content (AvgIpc) is 2.23. The first-order chi connectivity index (χ1) is 7.02. The molecule has 0 spiro atoms. The summed E-state index contributed by atoms with van der Waals surface area (Å²) in [5.74, 6) is 0.637. The topological polar surface area (TPSA) is 94.4 Å². The first-order valence-electron chi connectivity index (χ1n) is 4.39. The van der Waals surface area contributed by atoms with E-state index in [0.717, 1.165) is 4.57 Å². The van der Waals surface area contributed by atoms with E-state index in [-0.39, 0.29) is 11.4 Å². The summed E-state index contributed by atoms with van der Waals surface area (Å²) in [6, 6.07) is 0. The molecule has 0 bridgehead atoms. The summed E-state index contributed by atoms with van der Waals surface area (Å²) < 4.78 is 2.32. The molecular weight excluding hydrogens is 198 g/mol. The Kier molecular flexibility index (Phi) is 1.88. The summed E-state index contributed by atoms with van der Waals surface area (Å²) in [6.45, 7) is 0.320. The molecule has 2 heterocycles. The molecule has 0 aromatic carbocycles. The number of hydrogen-bond donors (Lipinski definition) is 2. The number of rotatable bonds is 0. The molecule has 15 heavy (non-hydrogen) atoms. The van der Waals surface area contributed by atoms with E-state index in [4.69, 9.17) is 5.73 Å². The molecule has 0 unspecified atom stereocenters. The summed E-state index contributed by atoms with van der Waals surface area (Å²) >= 11 is 0. The van der Waals surface area contributed by atoms with Gasteiger partial charge in [0.15, 0.2) is 5.82 Å². The van der Waals surface area contributed by atoms with Gasteiger partial charge in [-0.25, -0.2) is 9.79 Å². The maximum atomic E-state index is 11.7. The van der Waals surface area contributed by atoms with E-state index < -0.39 is 5.69 Å². The van der Waals surface area contributed by atoms with Gasteiger partial charge in [-0.2, -0.15) is 0 Å². The van der Waals surface area contributed by atoms with Crippen LogP contribution in [0, 0.1) is 0 Å². The van der Waals surface area contributed by atoms with Gasteiger partial charge < -0.3 is 11.1 Å². The lowest BCUT2D eigenvalue weighted by Gasteiger charge is -2.17. The Morgan fingerprint density at radius 1 is 1.33 bits per heavy atom. The smallest absolute Gasteiger partial charge is 0.332 e. The summed E-state index contributed by atoms with van der Waals surface area (Å²) in [5.41, 5.74) is 5.03. The SMILES string of the molecule is Cn1c2c(c(=O)n(C)c1=O)NCC(N)=N2. The lowest BCUT2D eigenvalue weighted by atomic mass is 10.3. The van der Waals surface area contributed by atoms with Gasteiger partial charge in [0.1, 0.15) is 11.5 Å². The van der Waals surface area contributed by atoms with Crippen LogP contribution in [-0.4, -0.2) is 21.5 Å². The Balaban J connectivity index is 2.91. The van der Waals surface area contributed by atoms with Gasteiger partial charge in [-0.05, 0) is 0 Å². The van der Waals surface area contributed by atoms with Crippen molar-refractivity contribution < 1.29 is 0 Å². The minimum absolute atomic E-state index is 0.284. The molecular formula is C8H11N5O2. The molecule has 0 fully saturated rings. The van der Waals surface area contributed by atoms with Crippen molar-refractivity contribution in [3.05, 3.63) is 20.8 Å². The fraction of sp³-hybridized carbons (Fsp3) is 0.375. The highest BCUT2D eigenvalue weighted by Gasteiger charge is 2.18. The van der Waals surface area contributed by atoms with Gasteiger partial charge in [0.25, 0.3) is 5.56 Å². The Morgan fingerprint density at radius 3 is 2.67 bits per heavy atom. The molecule has 1 aliphatic heterocycles. The second kappa shape index (κ2) is 2.97. The van der Waals surface area contributed by atoms with Crippen LogP contribution in [0.25, 0.3) is 0 Å². The van der Waals surface area contributed by atoms with Crippen molar-refractivity contribution in [3.63, 3.8) is 0 Å². The van der Waals surface area contributed by atoms with Crippen molar-refractivity contribution in [1.82, 2.24) is 9.13 Å². The Bertz CT molecular complexity index is 566. The zero-order valence-corrected chi connectivity index (χ0v) is 8.44. The molecule has 7 heteroatoms. The van der Waals surface area contributed by atoms with Crippen molar-refractivity contribution in [2.45, 2.75) is 0 Å². The minimum atomic E-state index is -0.418. The Morgan fingerprint density at radius 2 is 2.00 bits per heavy atom. The standard InChI is InChI=1S/C8H11N5O2/c1-12-6-5(10-3-4(9)11-6)7(14)13(2)8(12)15/h10H,3H2,1-2H3,(H2,9,11). The first kappa shape index (κ1) is 9.50. The summed E-state index contributed by atoms with van der Waals surface area (Å²) in [4.78, 5) is 27.2. The molecule has 0 saturated carbocycles. The van der Waals surface area contributed by atoms with Gasteiger partial charge in [-0.15, -0.1) is 0 Å². The largest absolute Gasteiger partial charge is 0.386 e. The van der Waals surface area contributed by atoms with Crippen molar-refractivity contribution in [2.75, 3.05) is 11.9 Å². The Hall–Kier alpha value is -2.05. The minimum Gasteiger partial charge on any atom is -0.386 e. The third-order valence-electron chi connectivity index (χ3n) is 2.33. The number of anilines is 1. The van der Waals surface area contributed by atoms with Gasteiger partial charge >= 0.3 is 5.69 Å². The van der Waals surface area contributed by atoms with Gasteiger partial charge in [0, 0.05) is 14.1 Å².